The van der Waals surface area contributed by atoms with Crippen molar-refractivity contribution < 1.29 is 4.79 Å². The smallest absolute Gasteiger partial charge is 0.210 e. The number of fused-ring (bicyclic) bond motifs is 2. The first-order valence-corrected chi connectivity index (χ1v) is 4.97. The first kappa shape index (κ1) is 7.38. The van der Waals surface area contributed by atoms with Gasteiger partial charge in [-0.3, -0.25) is 0 Å². The molecule has 0 amide bonds. The zero-order valence-corrected chi connectivity index (χ0v) is 7.14. The van der Waals surface area contributed by atoms with E-state index in [1.165, 1.54) is 37.6 Å². The molecule has 0 N–H and O–H groups in total. The molecule has 3 heteroatoms. The molecule has 2 rings (SSSR count). The summed E-state index contributed by atoms with van der Waals surface area (Å²) < 4.78 is 3.58. The lowest BCUT2D eigenvalue weighted by atomic mass is 10.0. The van der Waals surface area contributed by atoms with Gasteiger partial charge < -0.3 is 0 Å². The van der Waals surface area contributed by atoms with E-state index in [0.717, 1.165) is 11.8 Å². The van der Waals surface area contributed by atoms with Crippen molar-refractivity contribution in [3.63, 3.8) is 0 Å². The molecule has 2 nitrogen and oxygen atoms in total. The van der Waals surface area contributed by atoms with E-state index < -0.39 is 0 Å². The summed E-state index contributed by atoms with van der Waals surface area (Å²) in [6.07, 6.45) is 7.02. The second-order valence-corrected chi connectivity index (χ2v) is 4.50. The van der Waals surface area contributed by atoms with Crippen LogP contribution in [0.15, 0.2) is 4.40 Å². The number of nitrogens with zero attached hydrogens (tertiary/aromatic N) is 1. The van der Waals surface area contributed by atoms with Crippen LogP contribution < -0.4 is 0 Å². The topological polar surface area (TPSA) is 29.4 Å². The van der Waals surface area contributed by atoms with Crippen LogP contribution in [0.1, 0.15) is 25.7 Å². The Morgan fingerprint density at radius 1 is 1.36 bits per heavy atom. The van der Waals surface area contributed by atoms with Crippen molar-refractivity contribution in [1.82, 2.24) is 0 Å². The summed E-state index contributed by atoms with van der Waals surface area (Å²) in [6, 6.07) is 0. The molecule has 0 aromatic carbocycles. The van der Waals surface area contributed by atoms with Crippen molar-refractivity contribution in [3.05, 3.63) is 0 Å². The van der Waals surface area contributed by atoms with Gasteiger partial charge in [-0.15, -0.1) is 4.40 Å². The van der Waals surface area contributed by atoms with Crippen molar-refractivity contribution in [2.24, 2.45) is 16.2 Å². The van der Waals surface area contributed by atoms with E-state index in [1.54, 1.807) is 6.08 Å². The number of hydrogen-bond acceptors (Lipinski definition) is 3. The predicted octanol–water partition coefficient (Wildman–Crippen LogP) is 2.16. The standard InChI is InChI=1S/C8H11NOS/c10-5-9-11-8-4-6-1-2-7(8)3-6/h6-8H,1-4H2. The highest BCUT2D eigenvalue weighted by Crippen LogP contribution is 2.49. The normalized spacial score (nSPS) is 40.5. The fraction of sp³-hybridized carbons (Fsp3) is 0.875. The second kappa shape index (κ2) is 3.00. The summed E-state index contributed by atoms with van der Waals surface area (Å²) in [4.78, 5) is 9.86. The van der Waals surface area contributed by atoms with Crippen LogP contribution in [0, 0.1) is 11.8 Å². The van der Waals surface area contributed by atoms with Crippen LogP contribution in [0.3, 0.4) is 0 Å². The number of isocyanates is 1. The van der Waals surface area contributed by atoms with Crippen molar-refractivity contribution in [1.29, 1.82) is 0 Å². The number of carbonyl (C=O) groups excluding carboxylic acids is 1. The maximum Gasteiger partial charge on any atom is 0.247 e. The Morgan fingerprint density at radius 3 is 2.82 bits per heavy atom. The van der Waals surface area contributed by atoms with E-state index in [-0.39, 0.29) is 0 Å². The third-order valence-corrected chi connectivity index (χ3v) is 3.93. The minimum atomic E-state index is 0.634. The third kappa shape index (κ3) is 1.35. The van der Waals surface area contributed by atoms with Gasteiger partial charge in [0.25, 0.3) is 0 Å². The number of hydrogen-bond donors (Lipinski definition) is 0. The maximum absolute atomic E-state index is 9.86. The molecule has 11 heavy (non-hydrogen) atoms. The minimum absolute atomic E-state index is 0.634. The highest BCUT2D eigenvalue weighted by Gasteiger charge is 2.39. The van der Waals surface area contributed by atoms with Crippen LogP contribution in [-0.2, 0) is 4.79 Å². The summed E-state index contributed by atoms with van der Waals surface area (Å²) in [5.74, 6) is 1.79. The van der Waals surface area contributed by atoms with Crippen LogP contribution in [-0.4, -0.2) is 11.3 Å². The lowest BCUT2D eigenvalue weighted by Crippen LogP contribution is -2.11. The molecule has 2 saturated carbocycles. The van der Waals surface area contributed by atoms with Gasteiger partial charge in [-0.1, -0.05) is 6.42 Å². The van der Waals surface area contributed by atoms with Crippen LogP contribution in [0.2, 0.25) is 0 Å². The van der Waals surface area contributed by atoms with Gasteiger partial charge in [-0.05, 0) is 43.0 Å². The van der Waals surface area contributed by atoms with Crippen LogP contribution in [0.25, 0.3) is 0 Å². The fourth-order valence-corrected chi connectivity index (χ4v) is 3.36. The Balaban J connectivity index is 1.92. The molecule has 2 bridgehead atoms. The van der Waals surface area contributed by atoms with Gasteiger partial charge in [0.15, 0.2) is 0 Å². The lowest BCUT2D eigenvalue weighted by molar-refractivity contribution is 0.492. The average molecular weight is 169 g/mol. The molecular weight excluding hydrogens is 158 g/mol. The van der Waals surface area contributed by atoms with Crippen LogP contribution >= 0.6 is 11.9 Å². The first-order chi connectivity index (χ1) is 5.40. The van der Waals surface area contributed by atoms with Gasteiger partial charge in [0.05, 0.1) is 0 Å². The molecule has 3 unspecified atom stereocenters. The fourth-order valence-electron chi connectivity index (χ4n) is 2.40. The van der Waals surface area contributed by atoms with E-state index >= 15 is 0 Å². The zero-order chi connectivity index (χ0) is 7.68. The van der Waals surface area contributed by atoms with Gasteiger partial charge in [-0.25, -0.2) is 4.79 Å². The molecule has 0 spiro atoms. The summed E-state index contributed by atoms with van der Waals surface area (Å²) in [5.41, 5.74) is 0. The Bertz CT molecular complexity index is 200. The monoisotopic (exact) mass is 169 g/mol. The molecule has 0 aromatic rings. The van der Waals surface area contributed by atoms with Gasteiger partial charge in [0.2, 0.25) is 6.08 Å². The number of rotatable bonds is 2. The SMILES string of the molecule is O=C=NSC1CC2CCC1C2. The molecule has 2 fully saturated rings. The van der Waals surface area contributed by atoms with Crippen LogP contribution in [0.5, 0.6) is 0 Å². The van der Waals surface area contributed by atoms with Crippen molar-refractivity contribution >= 4 is 18.0 Å². The molecular formula is C8H11NOS. The Kier molecular flexibility index (Phi) is 2.01. The third-order valence-electron chi connectivity index (χ3n) is 2.90. The van der Waals surface area contributed by atoms with E-state index in [0.29, 0.717) is 5.25 Å². The molecule has 0 aromatic heterocycles. The van der Waals surface area contributed by atoms with E-state index in [4.69, 9.17) is 0 Å². The highest BCUT2D eigenvalue weighted by molar-refractivity contribution is 7.98. The van der Waals surface area contributed by atoms with Crippen molar-refractivity contribution in [2.45, 2.75) is 30.9 Å². The molecule has 0 aliphatic heterocycles. The minimum Gasteiger partial charge on any atom is -0.210 e. The molecule has 2 aliphatic rings. The van der Waals surface area contributed by atoms with Gasteiger partial charge in [0, 0.05) is 5.25 Å². The van der Waals surface area contributed by atoms with Gasteiger partial charge >= 0.3 is 0 Å². The predicted molar refractivity (Wildman–Crippen MR) is 44.9 cm³/mol. The first-order valence-electron chi connectivity index (χ1n) is 4.13. The van der Waals surface area contributed by atoms with Gasteiger partial charge in [-0.2, -0.15) is 0 Å². The van der Waals surface area contributed by atoms with Gasteiger partial charge in [0.1, 0.15) is 0 Å². The second-order valence-electron chi connectivity index (χ2n) is 3.50. The van der Waals surface area contributed by atoms with Crippen molar-refractivity contribution in [3.8, 4) is 0 Å². The summed E-state index contributed by atoms with van der Waals surface area (Å²) in [7, 11) is 0. The van der Waals surface area contributed by atoms with E-state index in [2.05, 4.69) is 4.40 Å². The highest BCUT2D eigenvalue weighted by atomic mass is 32.2. The Hall–Kier alpha value is -0.270. The maximum atomic E-state index is 9.86. The largest absolute Gasteiger partial charge is 0.247 e. The van der Waals surface area contributed by atoms with Crippen LogP contribution in [0.4, 0.5) is 0 Å². The Morgan fingerprint density at radius 2 is 2.27 bits per heavy atom. The van der Waals surface area contributed by atoms with Crippen molar-refractivity contribution in [2.75, 3.05) is 0 Å². The summed E-state index contributed by atoms with van der Waals surface area (Å²) in [5, 5.41) is 0.634. The zero-order valence-electron chi connectivity index (χ0n) is 6.32. The lowest BCUT2D eigenvalue weighted by Gasteiger charge is -2.17. The molecule has 0 heterocycles. The van der Waals surface area contributed by atoms with E-state index in [9.17, 15) is 4.79 Å². The molecule has 2 aliphatic carbocycles. The molecule has 3 atom stereocenters. The molecule has 60 valence electrons. The average Bonchev–Trinajstić information content (AvgIpc) is 2.60. The molecule has 0 radical (unpaired) electrons. The Labute approximate surface area is 70.6 Å². The van der Waals surface area contributed by atoms with E-state index in [1.807, 2.05) is 0 Å². The molecule has 0 saturated heterocycles. The quantitative estimate of drug-likeness (QED) is 0.360. The summed E-state index contributed by atoms with van der Waals surface area (Å²) >= 11 is 1.45. The summed E-state index contributed by atoms with van der Waals surface area (Å²) in [6.45, 7) is 0.